The van der Waals surface area contributed by atoms with E-state index in [1.807, 2.05) is 13.8 Å². The van der Waals surface area contributed by atoms with Crippen LogP contribution in [0.2, 0.25) is 5.02 Å². The lowest BCUT2D eigenvalue weighted by molar-refractivity contribution is 0.187. The maximum absolute atomic E-state index is 12.8. The monoisotopic (exact) mass is 424 g/mol. The van der Waals surface area contributed by atoms with Crippen LogP contribution in [0, 0.1) is 0 Å². The Kier molecular flexibility index (Phi) is 7.71. The maximum Gasteiger partial charge on any atom is 0.322 e. The van der Waals surface area contributed by atoms with Crippen molar-refractivity contribution in [3.63, 3.8) is 0 Å². The van der Waals surface area contributed by atoms with Crippen molar-refractivity contribution in [1.29, 1.82) is 0 Å². The molecule has 152 valence electrons. The fraction of sp³-hybridized carbons (Fsp3) is 0.350. The first kappa shape index (κ1) is 22.0. The number of nitrogens with zero attached hydrogens (tertiary/aromatic N) is 1. The molecular weight excluding hydrogens is 400 g/mol. The molecule has 6 nitrogen and oxygen atoms in total. The molecule has 2 rings (SSSR count). The van der Waals surface area contributed by atoms with Crippen LogP contribution in [0.1, 0.15) is 32.8 Å². The summed E-state index contributed by atoms with van der Waals surface area (Å²) < 4.78 is 28.1. The Balaban J connectivity index is 2.12. The molecule has 2 aromatic rings. The Morgan fingerprint density at radius 1 is 1.18 bits per heavy atom. The third kappa shape index (κ3) is 6.42. The van der Waals surface area contributed by atoms with Crippen LogP contribution in [0.5, 0.6) is 5.75 Å². The van der Waals surface area contributed by atoms with Crippen molar-refractivity contribution in [2.45, 2.75) is 39.8 Å². The third-order valence-electron chi connectivity index (χ3n) is 4.31. The zero-order valence-corrected chi connectivity index (χ0v) is 17.8. The molecule has 0 saturated carbocycles. The summed E-state index contributed by atoms with van der Waals surface area (Å²) in [4.78, 5) is 14.5. The number of halogens is 1. The summed E-state index contributed by atoms with van der Waals surface area (Å²) in [6.45, 7) is 5.88. The van der Waals surface area contributed by atoms with Gasteiger partial charge in [-0.2, -0.15) is 8.42 Å². The smallest absolute Gasteiger partial charge is 0.322 e. The molecule has 0 fully saturated rings. The number of amides is 2. The Morgan fingerprint density at radius 3 is 2.43 bits per heavy atom. The van der Waals surface area contributed by atoms with Crippen LogP contribution in [-0.4, -0.2) is 31.1 Å². The van der Waals surface area contributed by atoms with Gasteiger partial charge in [0.1, 0.15) is 5.75 Å². The first-order valence-corrected chi connectivity index (χ1v) is 11.0. The number of benzene rings is 2. The summed E-state index contributed by atoms with van der Waals surface area (Å²) in [6.07, 6.45) is 0.791. The lowest BCUT2D eigenvalue weighted by atomic mass is 10.1. The average Bonchev–Trinajstić information content (AvgIpc) is 2.66. The van der Waals surface area contributed by atoms with Crippen LogP contribution in [0.25, 0.3) is 0 Å². The van der Waals surface area contributed by atoms with Crippen molar-refractivity contribution in [3.05, 3.63) is 59.1 Å². The van der Waals surface area contributed by atoms with Crippen molar-refractivity contribution in [2.24, 2.45) is 0 Å². The van der Waals surface area contributed by atoms with Gasteiger partial charge in [0.05, 0.1) is 5.75 Å². The Labute approximate surface area is 171 Å². The number of nitrogens with one attached hydrogen (secondary N) is 1. The largest absolute Gasteiger partial charge is 0.382 e. The second-order valence-corrected chi connectivity index (χ2v) is 8.70. The number of urea groups is 1. The second-order valence-electron chi connectivity index (χ2n) is 6.40. The molecule has 0 spiro atoms. The molecule has 0 bridgehead atoms. The Bertz CT molecular complexity index is 901. The summed E-state index contributed by atoms with van der Waals surface area (Å²) in [5.41, 5.74) is 1.49. The molecule has 0 aromatic heterocycles. The lowest BCUT2D eigenvalue weighted by Gasteiger charge is -2.29. The van der Waals surface area contributed by atoms with Crippen molar-refractivity contribution >= 4 is 33.4 Å². The average molecular weight is 425 g/mol. The molecule has 0 saturated heterocycles. The predicted molar refractivity (Wildman–Crippen MR) is 112 cm³/mol. The minimum Gasteiger partial charge on any atom is -0.382 e. The van der Waals surface area contributed by atoms with Crippen molar-refractivity contribution in [2.75, 3.05) is 11.1 Å². The fourth-order valence-corrected chi connectivity index (χ4v) is 3.17. The first-order valence-electron chi connectivity index (χ1n) is 9.08. The molecule has 1 atom stereocenters. The molecule has 28 heavy (non-hydrogen) atoms. The molecule has 2 amide bonds. The van der Waals surface area contributed by atoms with Crippen molar-refractivity contribution in [1.82, 2.24) is 4.90 Å². The van der Waals surface area contributed by atoms with Gasteiger partial charge in [0.15, 0.2) is 0 Å². The normalized spacial score (nSPS) is 12.3. The molecule has 0 heterocycles. The van der Waals surface area contributed by atoms with Crippen molar-refractivity contribution in [3.8, 4) is 5.75 Å². The van der Waals surface area contributed by atoms with Gasteiger partial charge in [0, 0.05) is 23.3 Å². The third-order valence-corrected chi connectivity index (χ3v) is 5.70. The summed E-state index contributed by atoms with van der Waals surface area (Å²) in [5.74, 6) is 0.157. The molecule has 0 aliphatic rings. The zero-order chi connectivity index (χ0) is 20.7. The summed E-state index contributed by atoms with van der Waals surface area (Å²) >= 11 is 5.98. The Hall–Kier alpha value is -2.25. The number of hydrogen-bond acceptors (Lipinski definition) is 4. The summed E-state index contributed by atoms with van der Waals surface area (Å²) in [5, 5.41) is 3.41. The predicted octanol–water partition coefficient (Wildman–Crippen LogP) is 4.90. The first-order chi connectivity index (χ1) is 13.2. The van der Waals surface area contributed by atoms with Crippen LogP contribution in [-0.2, 0) is 16.7 Å². The molecule has 0 aliphatic carbocycles. The molecular formula is C20H25ClN2O4S. The van der Waals surface area contributed by atoms with Gasteiger partial charge in [0.2, 0.25) is 0 Å². The molecule has 0 unspecified atom stereocenters. The number of hydrogen-bond donors (Lipinski definition) is 1. The van der Waals surface area contributed by atoms with E-state index in [1.165, 1.54) is 6.92 Å². The number of anilines is 1. The van der Waals surface area contributed by atoms with Gasteiger partial charge in [-0.3, -0.25) is 0 Å². The van der Waals surface area contributed by atoms with Gasteiger partial charge in [0.25, 0.3) is 0 Å². The van der Waals surface area contributed by atoms with E-state index >= 15 is 0 Å². The van der Waals surface area contributed by atoms with Gasteiger partial charge in [-0.05, 0) is 56.2 Å². The highest BCUT2D eigenvalue weighted by atomic mass is 35.5. The van der Waals surface area contributed by atoms with Gasteiger partial charge in [-0.25, -0.2) is 4.79 Å². The topological polar surface area (TPSA) is 75.7 Å². The second kappa shape index (κ2) is 9.80. The van der Waals surface area contributed by atoms with E-state index in [9.17, 15) is 13.2 Å². The Morgan fingerprint density at radius 2 is 1.86 bits per heavy atom. The number of carbonyl (C=O) groups excluding carboxylic acids is 1. The van der Waals surface area contributed by atoms with Gasteiger partial charge >= 0.3 is 16.1 Å². The van der Waals surface area contributed by atoms with E-state index < -0.39 is 10.1 Å². The molecule has 2 aromatic carbocycles. The number of rotatable bonds is 8. The van der Waals surface area contributed by atoms with Crippen LogP contribution in [0.15, 0.2) is 48.5 Å². The van der Waals surface area contributed by atoms with Crippen LogP contribution in [0.4, 0.5) is 10.5 Å². The van der Waals surface area contributed by atoms with Gasteiger partial charge in [-0.1, -0.05) is 36.7 Å². The molecule has 0 aliphatic heterocycles. The molecule has 1 N–H and O–H groups in total. The molecule has 0 radical (unpaired) electrons. The lowest BCUT2D eigenvalue weighted by Crippen LogP contribution is -2.40. The van der Waals surface area contributed by atoms with E-state index in [0.717, 1.165) is 12.0 Å². The standard InChI is InChI=1S/C20H25ClN2O4S/c1-4-15(3)23(20(24)22-18-8-6-7-17(21)13-18)14-16-9-11-19(12-10-16)27-28(25,26)5-2/h6-13,15H,4-5,14H2,1-3H3,(H,22,24)/t15-/m0/s1. The van der Waals surface area contributed by atoms with Crippen LogP contribution in [0.3, 0.4) is 0 Å². The van der Waals surface area contributed by atoms with Crippen LogP contribution < -0.4 is 9.50 Å². The molecule has 8 heteroatoms. The van der Waals surface area contributed by atoms with E-state index in [2.05, 4.69) is 5.32 Å². The van der Waals surface area contributed by atoms with Gasteiger partial charge < -0.3 is 14.4 Å². The SMILES string of the molecule is CC[C@H](C)N(Cc1ccc(OS(=O)(=O)CC)cc1)C(=O)Nc1cccc(Cl)c1. The van der Waals surface area contributed by atoms with Crippen molar-refractivity contribution < 1.29 is 17.4 Å². The highest BCUT2D eigenvalue weighted by Gasteiger charge is 2.20. The van der Waals surface area contributed by atoms with E-state index in [0.29, 0.717) is 17.3 Å². The van der Waals surface area contributed by atoms with E-state index in [1.54, 1.807) is 53.4 Å². The summed E-state index contributed by atoms with van der Waals surface area (Å²) in [6, 6.07) is 13.4. The van der Waals surface area contributed by atoms with E-state index in [4.69, 9.17) is 15.8 Å². The highest BCUT2D eigenvalue weighted by Crippen LogP contribution is 2.20. The quantitative estimate of drug-likeness (QED) is 0.611. The fourth-order valence-electron chi connectivity index (χ4n) is 2.46. The number of carbonyl (C=O) groups is 1. The van der Waals surface area contributed by atoms with E-state index in [-0.39, 0.29) is 23.6 Å². The van der Waals surface area contributed by atoms with Crippen LogP contribution >= 0.6 is 11.6 Å². The minimum atomic E-state index is -3.56. The zero-order valence-electron chi connectivity index (χ0n) is 16.2. The van der Waals surface area contributed by atoms with Gasteiger partial charge in [-0.15, -0.1) is 0 Å². The highest BCUT2D eigenvalue weighted by molar-refractivity contribution is 7.87. The summed E-state index contributed by atoms with van der Waals surface area (Å²) in [7, 11) is -3.56. The maximum atomic E-state index is 12.8. The minimum absolute atomic E-state index is 0.00980.